The summed E-state index contributed by atoms with van der Waals surface area (Å²) in [5.74, 6) is -0.310. The normalized spacial score (nSPS) is 14.6. The molecule has 0 atom stereocenters. The minimum Gasteiger partial charge on any atom is -0.339 e. The van der Waals surface area contributed by atoms with Gasteiger partial charge in [-0.15, -0.1) is 0 Å². The van der Waals surface area contributed by atoms with Gasteiger partial charge in [-0.25, -0.2) is 0 Å². The number of carbonyl (C=O) groups is 2. The fourth-order valence-corrected chi connectivity index (χ4v) is 3.90. The van der Waals surface area contributed by atoms with Gasteiger partial charge in [-0.1, -0.05) is 42.5 Å². The number of hydrogen-bond acceptors (Lipinski definition) is 2. The van der Waals surface area contributed by atoms with Crippen molar-refractivity contribution >= 4 is 40.7 Å². The summed E-state index contributed by atoms with van der Waals surface area (Å²) in [6.45, 7) is 0. The van der Waals surface area contributed by atoms with Crippen molar-refractivity contribution in [3.8, 4) is 0 Å². The first-order valence-electron chi connectivity index (χ1n) is 9.09. The molecule has 0 heterocycles. The Hall–Kier alpha value is -2.04. The maximum atomic E-state index is 12.7. The van der Waals surface area contributed by atoms with Crippen LogP contribution in [-0.2, 0) is 0 Å². The zero-order valence-electron chi connectivity index (χ0n) is 15.2. The second kappa shape index (κ2) is 8.77. The molecule has 0 spiro atoms. The van der Waals surface area contributed by atoms with Gasteiger partial charge in [0.25, 0.3) is 11.8 Å². The predicted molar refractivity (Wildman–Crippen MR) is 110 cm³/mol. The van der Waals surface area contributed by atoms with Gasteiger partial charge in [0.05, 0.1) is 10.6 Å². The number of carbonyl (C=O) groups excluding carboxylic acids is 2. The van der Waals surface area contributed by atoms with Crippen molar-refractivity contribution in [3.05, 3.63) is 63.6 Å². The second-order valence-electron chi connectivity index (χ2n) is 6.86. The van der Waals surface area contributed by atoms with Crippen LogP contribution in [0.3, 0.4) is 0 Å². The maximum Gasteiger partial charge on any atom is 0.257 e. The zero-order chi connectivity index (χ0) is 19.4. The lowest BCUT2D eigenvalue weighted by Crippen LogP contribution is -2.38. The highest BCUT2D eigenvalue weighted by Crippen LogP contribution is 2.24. The van der Waals surface area contributed by atoms with Crippen LogP contribution < -0.4 is 5.32 Å². The minimum absolute atomic E-state index is 0.0144. The van der Waals surface area contributed by atoms with E-state index in [-0.39, 0.29) is 11.8 Å². The van der Waals surface area contributed by atoms with Crippen molar-refractivity contribution in [2.45, 2.75) is 38.1 Å². The largest absolute Gasteiger partial charge is 0.339 e. The van der Waals surface area contributed by atoms with Gasteiger partial charge in [0.1, 0.15) is 0 Å². The molecule has 6 heteroatoms. The monoisotopic (exact) mass is 404 g/mol. The lowest BCUT2D eigenvalue weighted by molar-refractivity contribution is 0.0696. The molecular formula is C21H22Cl2N2O2. The lowest BCUT2D eigenvalue weighted by Gasteiger charge is -2.31. The molecular weight excluding hydrogens is 383 g/mol. The molecule has 2 aromatic carbocycles. The SMILES string of the molecule is CN(C(=O)c1ccc(NC(=O)c2ccc(Cl)cc2Cl)cc1)C1CCCCC1. The van der Waals surface area contributed by atoms with E-state index < -0.39 is 0 Å². The fraction of sp³-hybridized carbons (Fsp3) is 0.333. The molecule has 0 aliphatic heterocycles. The Bertz CT molecular complexity index is 831. The Kier molecular flexibility index (Phi) is 6.40. The van der Waals surface area contributed by atoms with E-state index in [0.29, 0.717) is 32.9 Å². The van der Waals surface area contributed by atoms with Gasteiger partial charge in [0.2, 0.25) is 0 Å². The Morgan fingerprint density at radius 1 is 1.00 bits per heavy atom. The van der Waals surface area contributed by atoms with Gasteiger partial charge in [-0.05, 0) is 55.3 Å². The first kappa shape index (κ1) is 19.7. The maximum absolute atomic E-state index is 12.7. The summed E-state index contributed by atoms with van der Waals surface area (Å²) in [5.41, 5.74) is 1.56. The number of hydrogen-bond donors (Lipinski definition) is 1. The van der Waals surface area contributed by atoms with Gasteiger partial charge in [-0.3, -0.25) is 9.59 Å². The van der Waals surface area contributed by atoms with E-state index in [1.807, 2.05) is 11.9 Å². The summed E-state index contributed by atoms with van der Waals surface area (Å²) in [6.07, 6.45) is 5.75. The van der Waals surface area contributed by atoms with Crippen molar-refractivity contribution in [2.24, 2.45) is 0 Å². The topological polar surface area (TPSA) is 49.4 Å². The highest BCUT2D eigenvalue weighted by atomic mass is 35.5. The molecule has 142 valence electrons. The number of amides is 2. The summed E-state index contributed by atoms with van der Waals surface area (Å²) < 4.78 is 0. The van der Waals surface area contributed by atoms with E-state index in [9.17, 15) is 9.59 Å². The first-order valence-corrected chi connectivity index (χ1v) is 9.85. The van der Waals surface area contributed by atoms with Crippen LogP contribution in [0.25, 0.3) is 0 Å². The number of anilines is 1. The Morgan fingerprint density at radius 2 is 1.67 bits per heavy atom. The molecule has 4 nitrogen and oxygen atoms in total. The fourth-order valence-electron chi connectivity index (χ4n) is 3.41. The zero-order valence-corrected chi connectivity index (χ0v) is 16.7. The van der Waals surface area contributed by atoms with E-state index in [4.69, 9.17) is 23.2 Å². The quantitative estimate of drug-likeness (QED) is 0.715. The van der Waals surface area contributed by atoms with Crippen molar-refractivity contribution in [1.29, 1.82) is 0 Å². The number of halogens is 2. The molecule has 1 saturated carbocycles. The van der Waals surface area contributed by atoms with E-state index in [1.54, 1.807) is 36.4 Å². The van der Waals surface area contributed by atoms with Crippen LogP contribution in [0, 0.1) is 0 Å². The third kappa shape index (κ3) is 4.82. The number of nitrogens with one attached hydrogen (secondary N) is 1. The van der Waals surface area contributed by atoms with Crippen molar-refractivity contribution < 1.29 is 9.59 Å². The van der Waals surface area contributed by atoms with Gasteiger partial charge < -0.3 is 10.2 Å². The lowest BCUT2D eigenvalue weighted by atomic mass is 9.94. The molecule has 0 saturated heterocycles. The van der Waals surface area contributed by atoms with Crippen LogP contribution in [0.1, 0.15) is 52.8 Å². The van der Waals surface area contributed by atoms with Gasteiger partial charge in [-0.2, -0.15) is 0 Å². The third-order valence-electron chi connectivity index (χ3n) is 5.01. The van der Waals surface area contributed by atoms with Crippen molar-refractivity contribution in [3.63, 3.8) is 0 Å². The van der Waals surface area contributed by atoms with Crippen molar-refractivity contribution in [1.82, 2.24) is 4.90 Å². The third-order valence-corrected chi connectivity index (χ3v) is 5.56. The first-order chi connectivity index (χ1) is 13.0. The van der Waals surface area contributed by atoms with E-state index >= 15 is 0 Å². The molecule has 2 aromatic rings. The summed E-state index contributed by atoms with van der Waals surface area (Å²) >= 11 is 11.9. The van der Waals surface area contributed by atoms with Crippen LogP contribution in [0.4, 0.5) is 5.69 Å². The van der Waals surface area contributed by atoms with Gasteiger partial charge in [0.15, 0.2) is 0 Å². The predicted octanol–water partition coefficient (Wildman–Crippen LogP) is 5.65. The Balaban J connectivity index is 1.66. The van der Waals surface area contributed by atoms with E-state index in [1.165, 1.54) is 25.3 Å². The van der Waals surface area contributed by atoms with Crippen LogP contribution >= 0.6 is 23.2 Å². The van der Waals surface area contributed by atoms with Gasteiger partial charge in [0, 0.05) is 29.4 Å². The molecule has 1 aliphatic carbocycles. The highest BCUT2D eigenvalue weighted by Gasteiger charge is 2.23. The Morgan fingerprint density at radius 3 is 2.30 bits per heavy atom. The van der Waals surface area contributed by atoms with E-state index in [2.05, 4.69) is 5.32 Å². The summed E-state index contributed by atoms with van der Waals surface area (Å²) in [7, 11) is 1.87. The smallest absolute Gasteiger partial charge is 0.257 e. The molecule has 1 N–H and O–H groups in total. The molecule has 0 radical (unpaired) electrons. The molecule has 27 heavy (non-hydrogen) atoms. The Labute approximate surface area is 169 Å². The number of rotatable bonds is 4. The standard InChI is InChI=1S/C21H22Cl2N2O2/c1-25(17-5-3-2-4-6-17)21(27)14-7-10-16(11-8-14)24-20(26)18-12-9-15(22)13-19(18)23/h7-13,17H,2-6H2,1H3,(H,24,26). The average molecular weight is 405 g/mol. The molecule has 0 unspecified atom stereocenters. The van der Waals surface area contributed by atoms with Crippen LogP contribution in [0.5, 0.6) is 0 Å². The molecule has 3 rings (SSSR count). The van der Waals surface area contributed by atoms with Gasteiger partial charge >= 0.3 is 0 Å². The number of nitrogens with zero attached hydrogens (tertiary/aromatic N) is 1. The van der Waals surface area contributed by atoms with Crippen LogP contribution in [0.2, 0.25) is 10.0 Å². The molecule has 2 amide bonds. The second-order valence-corrected chi connectivity index (χ2v) is 7.71. The highest BCUT2D eigenvalue weighted by molar-refractivity contribution is 6.37. The van der Waals surface area contributed by atoms with E-state index in [0.717, 1.165) is 12.8 Å². The average Bonchev–Trinajstić information content (AvgIpc) is 2.68. The molecule has 0 aromatic heterocycles. The van der Waals surface area contributed by atoms with Crippen molar-refractivity contribution in [2.75, 3.05) is 12.4 Å². The molecule has 1 fully saturated rings. The van der Waals surface area contributed by atoms with Crippen LogP contribution in [0.15, 0.2) is 42.5 Å². The summed E-state index contributed by atoms with van der Waals surface area (Å²) in [5, 5.41) is 3.55. The minimum atomic E-state index is -0.324. The molecule has 1 aliphatic rings. The number of benzene rings is 2. The van der Waals surface area contributed by atoms with Crippen LogP contribution in [-0.4, -0.2) is 29.8 Å². The molecule has 0 bridgehead atoms. The summed E-state index contributed by atoms with van der Waals surface area (Å²) in [4.78, 5) is 26.9. The summed E-state index contributed by atoms with van der Waals surface area (Å²) in [6, 6.07) is 12.0.